The molecule has 4 nitrogen and oxygen atoms in total. The molecule has 16 heavy (non-hydrogen) atoms. The second kappa shape index (κ2) is 19.9. The molecule has 0 radical (unpaired) electrons. The standard InChI is InChI=1S/C8H22N4.3HI.V/c9-3-1-5-11-7-8-12-6-2-4-10;;;;/h11-12H,1-10H2;3*1H;/q;;;;+3/p-3. The fourth-order valence-electron chi connectivity index (χ4n) is 0.881. The van der Waals surface area contributed by atoms with Crippen LogP contribution >= 0.6 is 59.9 Å². The van der Waals surface area contributed by atoms with Crippen molar-refractivity contribution >= 4 is 59.9 Å². The van der Waals surface area contributed by atoms with E-state index in [0.717, 1.165) is 52.1 Å². The molecule has 0 saturated carbocycles. The molecule has 6 N–H and O–H groups in total. The molecule has 0 aromatic rings. The van der Waals surface area contributed by atoms with Crippen LogP contribution in [0, 0.1) is 0 Å². The second-order valence-corrected chi connectivity index (χ2v) is 38.3. The Morgan fingerprint density at radius 2 is 1.06 bits per heavy atom. The molecule has 0 aromatic carbocycles. The van der Waals surface area contributed by atoms with Gasteiger partial charge >= 0.3 is 64.9 Å². The van der Waals surface area contributed by atoms with Gasteiger partial charge in [0.25, 0.3) is 0 Å². The van der Waals surface area contributed by atoms with Crippen LogP contribution < -0.4 is 22.1 Å². The number of hydrogen-bond acceptors (Lipinski definition) is 4. The first-order valence-electron chi connectivity index (χ1n) is 5.24. The Morgan fingerprint density at radius 1 is 0.750 bits per heavy atom. The molecule has 0 bridgehead atoms. The molecule has 0 amide bonds. The summed E-state index contributed by atoms with van der Waals surface area (Å²) < 4.78 is 0. The van der Waals surface area contributed by atoms with Gasteiger partial charge in [-0.15, -0.1) is 0 Å². The molecule has 0 spiro atoms. The minimum absolute atomic E-state index is 0.278. The average molecular weight is 606 g/mol. The molecule has 8 heteroatoms. The quantitative estimate of drug-likeness (QED) is 0.238. The van der Waals surface area contributed by atoms with Crippen LogP contribution in [0.2, 0.25) is 0 Å². The molecule has 100 valence electrons. The Morgan fingerprint density at radius 3 is 1.31 bits per heavy atom. The van der Waals surface area contributed by atoms with E-state index in [2.05, 4.69) is 70.6 Å². The van der Waals surface area contributed by atoms with Crippen LogP contribution in [0.15, 0.2) is 0 Å². The zero-order valence-electron chi connectivity index (χ0n) is 9.39. The van der Waals surface area contributed by atoms with Gasteiger partial charge in [0.05, 0.1) is 0 Å². The van der Waals surface area contributed by atoms with Gasteiger partial charge in [-0.25, -0.2) is 0 Å². The predicted molar refractivity (Wildman–Crippen MR) is 95.1 cm³/mol. The van der Waals surface area contributed by atoms with Crippen molar-refractivity contribution in [2.45, 2.75) is 12.8 Å². The van der Waals surface area contributed by atoms with Crippen molar-refractivity contribution in [3.05, 3.63) is 0 Å². The summed E-state index contributed by atoms with van der Waals surface area (Å²) in [5.74, 6) is 0. The fourth-order valence-corrected chi connectivity index (χ4v) is 0.881. The van der Waals surface area contributed by atoms with Gasteiger partial charge in [-0.1, -0.05) is 0 Å². The van der Waals surface area contributed by atoms with Crippen molar-refractivity contribution < 1.29 is 4.92 Å². The number of nitrogens with two attached hydrogens (primary N) is 2. The van der Waals surface area contributed by atoms with Crippen molar-refractivity contribution in [1.29, 1.82) is 0 Å². The van der Waals surface area contributed by atoms with Crippen LogP contribution in [0.5, 0.6) is 0 Å². The van der Waals surface area contributed by atoms with Crippen molar-refractivity contribution in [2.24, 2.45) is 11.5 Å². The summed E-state index contributed by atoms with van der Waals surface area (Å²) in [5.41, 5.74) is 10.7. The van der Waals surface area contributed by atoms with E-state index < -0.39 is 0 Å². The Hall–Kier alpha value is 2.61. The van der Waals surface area contributed by atoms with Crippen LogP contribution in [-0.4, -0.2) is 39.3 Å². The molecular weight excluding hydrogens is 584 g/mol. The van der Waals surface area contributed by atoms with Gasteiger partial charge in [-0.2, -0.15) is 0 Å². The predicted octanol–water partition coefficient (Wildman–Crippen LogP) is 1.52. The maximum atomic E-state index is 5.34. The SMILES string of the molecule is NCCCNCCNCCCN.[I][V]([I])[I]. The number of hydrogen-bond donors (Lipinski definition) is 4. The molecule has 0 atom stereocenters. The van der Waals surface area contributed by atoms with Crippen molar-refractivity contribution in [3.8, 4) is 0 Å². The zero-order chi connectivity index (χ0) is 12.6. The first kappa shape index (κ1) is 20.9. The first-order valence-corrected chi connectivity index (χ1v) is 18.8. The number of rotatable bonds is 9. The zero-order valence-corrected chi connectivity index (χ0v) is 17.3. The third-order valence-corrected chi connectivity index (χ3v) is 1.59. The van der Waals surface area contributed by atoms with E-state index in [1.807, 2.05) is 0 Å². The van der Waals surface area contributed by atoms with Gasteiger partial charge in [0.2, 0.25) is 0 Å². The average Bonchev–Trinajstić information content (AvgIpc) is 2.21. The van der Waals surface area contributed by atoms with Gasteiger partial charge in [-0.05, 0) is 39.0 Å². The Kier molecular flexibility index (Phi) is 26.1. The van der Waals surface area contributed by atoms with Crippen molar-refractivity contribution in [3.63, 3.8) is 0 Å². The van der Waals surface area contributed by atoms with E-state index in [1.165, 1.54) is 0 Å². The molecule has 0 heterocycles. The Bertz CT molecular complexity index is 109. The van der Waals surface area contributed by atoms with Crippen LogP contribution in [0.4, 0.5) is 0 Å². The monoisotopic (exact) mass is 606 g/mol. The first-order chi connectivity index (χ1) is 7.65. The van der Waals surface area contributed by atoms with Crippen molar-refractivity contribution in [1.82, 2.24) is 10.6 Å². The van der Waals surface area contributed by atoms with Gasteiger partial charge in [0.15, 0.2) is 0 Å². The molecule has 0 aliphatic carbocycles. The summed E-state index contributed by atoms with van der Waals surface area (Å²) in [5, 5.41) is 6.58. The van der Waals surface area contributed by atoms with Crippen LogP contribution in [0.3, 0.4) is 0 Å². The topological polar surface area (TPSA) is 76.1 Å². The summed E-state index contributed by atoms with van der Waals surface area (Å²) >= 11 is 7.39. The molecule has 0 aromatic heterocycles. The van der Waals surface area contributed by atoms with Gasteiger partial charge in [0, 0.05) is 13.1 Å². The van der Waals surface area contributed by atoms with Crippen molar-refractivity contribution in [2.75, 3.05) is 39.3 Å². The molecule has 0 unspecified atom stereocenters. The Balaban J connectivity index is 0. The normalized spacial score (nSPS) is 10.1. The van der Waals surface area contributed by atoms with Gasteiger partial charge in [-0.3, -0.25) is 0 Å². The number of halogens is 3. The molecule has 0 fully saturated rings. The second-order valence-electron chi connectivity index (χ2n) is 2.98. The maximum absolute atomic E-state index is 5.34. The molecular formula is C8H22I3N4V. The fraction of sp³-hybridized carbons (Fsp3) is 1.00. The van der Waals surface area contributed by atoms with Gasteiger partial charge in [0.1, 0.15) is 0 Å². The van der Waals surface area contributed by atoms with Crippen LogP contribution in [-0.2, 0) is 4.92 Å². The minimum atomic E-state index is -0.278. The summed E-state index contributed by atoms with van der Waals surface area (Å²) in [4.78, 5) is -0.278. The van der Waals surface area contributed by atoms with Crippen LogP contribution in [0.25, 0.3) is 0 Å². The van der Waals surface area contributed by atoms with E-state index in [9.17, 15) is 0 Å². The molecule has 0 aliphatic heterocycles. The number of nitrogens with one attached hydrogen (secondary N) is 2. The molecule has 0 saturated heterocycles. The summed E-state index contributed by atoms with van der Waals surface area (Å²) in [6.07, 6.45) is 2.12. The van der Waals surface area contributed by atoms with E-state index in [0.29, 0.717) is 0 Å². The summed E-state index contributed by atoms with van der Waals surface area (Å²) in [6, 6.07) is 0. The third-order valence-electron chi connectivity index (χ3n) is 1.59. The van der Waals surface area contributed by atoms with E-state index in [1.54, 1.807) is 0 Å². The Labute approximate surface area is 137 Å². The van der Waals surface area contributed by atoms with Crippen LogP contribution in [0.1, 0.15) is 12.8 Å². The van der Waals surface area contributed by atoms with E-state index in [4.69, 9.17) is 11.5 Å². The van der Waals surface area contributed by atoms with E-state index in [-0.39, 0.29) is 4.92 Å². The van der Waals surface area contributed by atoms with E-state index >= 15 is 0 Å². The third kappa shape index (κ3) is 30.0. The summed E-state index contributed by atoms with van der Waals surface area (Å²) in [7, 11) is 0. The molecule has 0 rings (SSSR count). The van der Waals surface area contributed by atoms with Gasteiger partial charge < -0.3 is 22.1 Å². The molecule has 0 aliphatic rings. The summed E-state index contributed by atoms with van der Waals surface area (Å²) in [6.45, 7) is 5.63.